The third kappa shape index (κ3) is 4.91. The maximum atomic E-state index is 13.0. The number of amides is 1. The first kappa shape index (κ1) is 20.6. The topological polar surface area (TPSA) is 50.2 Å². The highest BCUT2D eigenvalue weighted by atomic mass is 35.5. The lowest BCUT2D eigenvalue weighted by Crippen LogP contribution is -2.32. The molecule has 156 valence electrons. The van der Waals surface area contributed by atoms with Crippen molar-refractivity contribution in [2.75, 3.05) is 26.7 Å². The Morgan fingerprint density at radius 3 is 2.50 bits per heavy atom. The second-order valence-electron chi connectivity index (χ2n) is 7.97. The summed E-state index contributed by atoms with van der Waals surface area (Å²) >= 11 is 6.05. The number of carbonyl (C=O) groups excluding carboxylic acids is 1. The number of benzene rings is 2. The van der Waals surface area contributed by atoms with E-state index in [2.05, 4.69) is 17.3 Å². The Hall–Kier alpha value is -2.63. The van der Waals surface area contributed by atoms with E-state index in [0.29, 0.717) is 28.7 Å². The third-order valence-corrected chi connectivity index (χ3v) is 6.03. The van der Waals surface area contributed by atoms with E-state index in [0.717, 1.165) is 30.8 Å². The molecule has 0 spiro atoms. The Labute approximate surface area is 182 Å². The highest BCUT2D eigenvalue weighted by Crippen LogP contribution is 2.25. The molecule has 1 N–H and O–H groups in total. The second kappa shape index (κ2) is 9.45. The second-order valence-corrected chi connectivity index (χ2v) is 8.41. The van der Waals surface area contributed by atoms with E-state index in [9.17, 15) is 4.79 Å². The van der Waals surface area contributed by atoms with Crippen molar-refractivity contribution >= 4 is 17.5 Å². The minimum Gasteiger partial charge on any atom is -0.352 e. The number of hydrogen-bond acceptors (Lipinski definition) is 3. The standard InChI is InChI=1S/C24H27ClN4O/c1-28-15-12-18(13-16-28)11-14-26-24(30)22-17-29(21-5-3-2-4-6-21)27-23(22)19-7-9-20(25)10-8-19/h2-10,17-18H,11-16H2,1H3,(H,26,30). The monoisotopic (exact) mass is 422 g/mol. The number of halogens is 1. The fraction of sp³-hybridized carbons (Fsp3) is 0.333. The summed E-state index contributed by atoms with van der Waals surface area (Å²) in [6.07, 6.45) is 5.23. The van der Waals surface area contributed by atoms with Gasteiger partial charge in [0, 0.05) is 23.3 Å². The first-order valence-electron chi connectivity index (χ1n) is 10.5. The molecule has 1 fully saturated rings. The number of piperidine rings is 1. The molecule has 0 saturated carbocycles. The van der Waals surface area contributed by atoms with Gasteiger partial charge in [0.25, 0.3) is 5.91 Å². The summed E-state index contributed by atoms with van der Waals surface area (Å²) in [4.78, 5) is 15.4. The molecule has 2 heterocycles. The number of nitrogens with zero attached hydrogens (tertiary/aromatic N) is 3. The summed E-state index contributed by atoms with van der Waals surface area (Å²) in [5, 5.41) is 8.48. The summed E-state index contributed by atoms with van der Waals surface area (Å²) < 4.78 is 1.76. The fourth-order valence-corrected chi connectivity index (χ4v) is 4.04. The van der Waals surface area contributed by atoms with Gasteiger partial charge in [-0.3, -0.25) is 4.79 Å². The van der Waals surface area contributed by atoms with Crippen LogP contribution < -0.4 is 5.32 Å². The lowest BCUT2D eigenvalue weighted by Gasteiger charge is -2.28. The molecule has 2 aromatic carbocycles. The lowest BCUT2D eigenvalue weighted by atomic mass is 9.94. The molecule has 0 radical (unpaired) electrons. The Morgan fingerprint density at radius 1 is 1.10 bits per heavy atom. The van der Waals surface area contributed by atoms with Gasteiger partial charge < -0.3 is 10.2 Å². The average Bonchev–Trinajstić information content (AvgIpc) is 3.22. The molecule has 4 rings (SSSR count). The van der Waals surface area contributed by atoms with Crippen LogP contribution in [-0.2, 0) is 0 Å². The van der Waals surface area contributed by atoms with Gasteiger partial charge in [-0.2, -0.15) is 5.10 Å². The van der Waals surface area contributed by atoms with Gasteiger partial charge in [0.1, 0.15) is 5.69 Å². The van der Waals surface area contributed by atoms with Gasteiger partial charge in [0.05, 0.1) is 11.3 Å². The molecular formula is C24H27ClN4O. The molecule has 6 heteroatoms. The van der Waals surface area contributed by atoms with Crippen LogP contribution in [0.5, 0.6) is 0 Å². The van der Waals surface area contributed by atoms with Crippen molar-refractivity contribution in [2.45, 2.75) is 19.3 Å². The largest absolute Gasteiger partial charge is 0.352 e. The van der Waals surface area contributed by atoms with Crippen LogP contribution in [0.4, 0.5) is 0 Å². The zero-order chi connectivity index (χ0) is 20.9. The van der Waals surface area contributed by atoms with Crippen molar-refractivity contribution in [1.29, 1.82) is 0 Å². The van der Waals surface area contributed by atoms with E-state index in [-0.39, 0.29) is 5.91 Å². The van der Waals surface area contributed by atoms with Crippen molar-refractivity contribution in [3.8, 4) is 16.9 Å². The molecule has 1 aliphatic rings. The minimum atomic E-state index is -0.0879. The van der Waals surface area contributed by atoms with Gasteiger partial charge in [-0.15, -0.1) is 0 Å². The van der Waals surface area contributed by atoms with Crippen molar-refractivity contribution in [1.82, 2.24) is 20.0 Å². The van der Waals surface area contributed by atoms with E-state index in [1.165, 1.54) is 12.8 Å². The Morgan fingerprint density at radius 2 is 1.80 bits per heavy atom. The number of carbonyl (C=O) groups is 1. The molecule has 0 bridgehead atoms. The van der Waals surface area contributed by atoms with E-state index >= 15 is 0 Å². The molecule has 0 atom stereocenters. The number of likely N-dealkylation sites (tertiary alicyclic amines) is 1. The number of rotatable bonds is 6. The van der Waals surface area contributed by atoms with Crippen molar-refractivity contribution in [3.05, 3.63) is 71.4 Å². The van der Waals surface area contributed by atoms with E-state index in [1.54, 1.807) is 4.68 Å². The smallest absolute Gasteiger partial charge is 0.255 e. The highest BCUT2D eigenvalue weighted by Gasteiger charge is 2.20. The van der Waals surface area contributed by atoms with Crippen LogP contribution in [0, 0.1) is 5.92 Å². The third-order valence-electron chi connectivity index (χ3n) is 5.77. The van der Waals surface area contributed by atoms with Crippen LogP contribution in [0.15, 0.2) is 60.8 Å². The highest BCUT2D eigenvalue weighted by molar-refractivity contribution is 6.30. The van der Waals surface area contributed by atoms with Crippen molar-refractivity contribution in [2.24, 2.45) is 5.92 Å². The summed E-state index contributed by atoms with van der Waals surface area (Å²) in [5.74, 6) is 0.597. The predicted octanol–water partition coefficient (Wildman–Crippen LogP) is 4.65. The molecule has 0 aliphatic carbocycles. The molecule has 1 saturated heterocycles. The Bertz CT molecular complexity index is 976. The zero-order valence-electron chi connectivity index (χ0n) is 17.2. The van der Waals surface area contributed by atoms with Crippen LogP contribution >= 0.6 is 11.6 Å². The number of para-hydroxylation sites is 1. The van der Waals surface area contributed by atoms with Gasteiger partial charge in [-0.25, -0.2) is 4.68 Å². The SMILES string of the molecule is CN1CCC(CCNC(=O)c2cn(-c3ccccc3)nc2-c2ccc(Cl)cc2)CC1. The lowest BCUT2D eigenvalue weighted by molar-refractivity contribution is 0.0949. The summed E-state index contributed by atoms with van der Waals surface area (Å²) in [5.41, 5.74) is 3.02. The Balaban J connectivity index is 1.52. The molecule has 30 heavy (non-hydrogen) atoms. The molecule has 3 aromatic rings. The first-order chi connectivity index (χ1) is 14.6. The van der Waals surface area contributed by atoms with Gasteiger partial charge in [-0.1, -0.05) is 41.9 Å². The normalized spacial score (nSPS) is 15.3. The van der Waals surface area contributed by atoms with Crippen LogP contribution in [0.3, 0.4) is 0 Å². The maximum absolute atomic E-state index is 13.0. The van der Waals surface area contributed by atoms with E-state index < -0.39 is 0 Å². The Kier molecular flexibility index (Phi) is 6.50. The molecule has 1 amide bonds. The van der Waals surface area contributed by atoms with Crippen molar-refractivity contribution in [3.63, 3.8) is 0 Å². The fourth-order valence-electron chi connectivity index (χ4n) is 3.91. The predicted molar refractivity (Wildman–Crippen MR) is 121 cm³/mol. The molecule has 0 unspecified atom stereocenters. The van der Waals surface area contributed by atoms with Gasteiger partial charge in [0.2, 0.25) is 0 Å². The van der Waals surface area contributed by atoms with Crippen molar-refractivity contribution < 1.29 is 4.79 Å². The first-order valence-corrected chi connectivity index (χ1v) is 10.9. The average molecular weight is 423 g/mol. The van der Waals surface area contributed by atoms with Gasteiger partial charge in [-0.05, 0) is 69.6 Å². The van der Waals surface area contributed by atoms with Crippen LogP contribution in [0.1, 0.15) is 29.6 Å². The summed E-state index contributed by atoms with van der Waals surface area (Å²) in [6.45, 7) is 2.97. The van der Waals surface area contributed by atoms with Gasteiger partial charge >= 0.3 is 0 Å². The molecule has 5 nitrogen and oxygen atoms in total. The maximum Gasteiger partial charge on any atom is 0.255 e. The van der Waals surface area contributed by atoms with E-state index in [4.69, 9.17) is 16.7 Å². The minimum absolute atomic E-state index is 0.0879. The summed E-state index contributed by atoms with van der Waals surface area (Å²) in [7, 11) is 2.17. The number of hydrogen-bond donors (Lipinski definition) is 1. The van der Waals surface area contributed by atoms with Gasteiger partial charge in [0.15, 0.2) is 0 Å². The molecular weight excluding hydrogens is 396 g/mol. The summed E-state index contributed by atoms with van der Waals surface area (Å²) in [6, 6.07) is 17.3. The number of aromatic nitrogens is 2. The number of nitrogens with one attached hydrogen (secondary N) is 1. The van der Waals surface area contributed by atoms with Crippen LogP contribution in [0.2, 0.25) is 5.02 Å². The molecule has 1 aromatic heterocycles. The zero-order valence-corrected chi connectivity index (χ0v) is 18.0. The van der Waals surface area contributed by atoms with E-state index in [1.807, 2.05) is 60.8 Å². The van der Waals surface area contributed by atoms with Crippen LogP contribution in [-0.4, -0.2) is 47.3 Å². The quantitative estimate of drug-likeness (QED) is 0.628. The van der Waals surface area contributed by atoms with Crippen LogP contribution in [0.25, 0.3) is 16.9 Å². The molecule has 1 aliphatic heterocycles.